The van der Waals surface area contributed by atoms with Crippen LogP contribution in [0.15, 0.2) is 48.5 Å². The molecule has 1 unspecified atom stereocenters. The zero-order valence-corrected chi connectivity index (χ0v) is 34.4. The van der Waals surface area contributed by atoms with Crippen LogP contribution in [0.1, 0.15) is 89.8 Å². The first-order valence-corrected chi connectivity index (χ1v) is 20.0. The van der Waals surface area contributed by atoms with Gasteiger partial charge in [-0.15, -0.1) is 0 Å². The third kappa shape index (κ3) is 9.21. The van der Waals surface area contributed by atoms with Gasteiger partial charge in [0.05, 0.1) is 28.4 Å². The number of imide groups is 2. The maximum Gasteiger partial charge on any atom is 0.420 e. The number of alkyl halides is 3. The van der Waals surface area contributed by atoms with Crippen LogP contribution < -0.4 is 30.5 Å². The van der Waals surface area contributed by atoms with Crippen molar-refractivity contribution >= 4 is 70.1 Å². The zero-order chi connectivity index (χ0) is 46.0. The van der Waals surface area contributed by atoms with Crippen molar-refractivity contribution in [2.45, 2.75) is 76.6 Å². The van der Waals surface area contributed by atoms with E-state index < -0.39 is 93.4 Å². The first-order valence-electron chi connectivity index (χ1n) is 19.6. The zero-order valence-electron chi connectivity index (χ0n) is 33.6. The Morgan fingerprint density at radius 3 is 2.32 bits per heavy atom. The smallest absolute Gasteiger partial charge is 0.420 e. The Hall–Kier alpha value is -6.82. The van der Waals surface area contributed by atoms with Crippen molar-refractivity contribution in [2.75, 3.05) is 29.5 Å². The van der Waals surface area contributed by atoms with Gasteiger partial charge < -0.3 is 20.3 Å². The van der Waals surface area contributed by atoms with E-state index in [1.807, 2.05) is 0 Å². The molecular formula is C42H38F5N7O8S. The van der Waals surface area contributed by atoms with Gasteiger partial charge in [0.25, 0.3) is 23.6 Å². The molecule has 3 aromatic carbocycles. The number of benzene rings is 3. The molecule has 3 N–H and O–H groups in total. The molecule has 0 spiro atoms. The largest absolute Gasteiger partial charge is 0.483 e. The molecule has 330 valence electrons. The fraction of sp³-hybridized carbons (Fsp3) is 0.357. The van der Waals surface area contributed by atoms with Gasteiger partial charge in [0, 0.05) is 31.6 Å². The van der Waals surface area contributed by atoms with Gasteiger partial charge in [0.15, 0.2) is 17.5 Å². The highest BCUT2D eigenvalue weighted by Crippen LogP contribution is 2.42. The van der Waals surface area contributed by atoms with Crippen molar-refractivity contribution in [1.29, 1.82) is 5.26 Å². The number of hydrogen-bond donors (Lipinski definition) is 3. The number of thiocarbonyl (C=S) groups is 1. The molecule has 0 saturated carbocycles. The van der Waals surface area contributed by atoms with Crippen molar-refractivity contribution in [3.05, 3.63) is 88.0 Å². The quantitative estimate of drug-likeness (QED) is 0.0836. The normalized spacial score (nSPS) is 17.2. The number of hydrogen-bond acceptors (Lipinski definition) is 10. The molecule has 3 aliphatic rings. The van der Waals surface area contributed by atoms with E-state index in [1.165, 1.54) is 55.1 Å². The van der Waals surface area contributed by atoms with Gasteiger partial charge >= 0.3 is 6.18 Å². The monoisotopic (exact) mass is 895 g/mol. The molecule has 1 atom stereocenters. The number of fused-ring (bicyclic) bond motifs is 1. The van der Waals surface area contributed by atoms with Crippen LogP contribution in [0.4, 0.5) is 33.3 Å². The second-order valence-corrected chi connectivity index (χ2v) is 15.6. The number of nitriles is 1. The summed E-state index contributed by atoms with van der Waals surface area (Å²) in [4.78, 5) is 91.1. The number of carbonyl (C=O) groups is 7. The summed E-state index contributed by atoms with van der Waals surface area (Å²) in [6.45, 7) is 2.82. The third-order valence-corrected chi connectivity index (χ3v) is 11.0. The Bertz CT molecular complexity index is 2490. The van der Waals surface area contributed by atoms with Crippen molar-refractivity contribution < 1.29 is 60.3 Å². The van der Waals surface area contributed by atoms with Gasteiger partial charge in [-0.3, -0.25) is 48.7 Å². The van der Waals surface area contributed by atoms with Gasteiger partial charge in [0.2, 0.25) is 17.7 Å². The molecule has 0 radical (unpaired) electrons. The van der Waals surface area contributed by atoms with Crippen LogP contribution in [0.5, 0.6) is 5.75 Å². The Kier molecular flexibility index (Phi) is 13.2. The number of carbonyl (C=O) groups excluding carboxylic acids is 7. The first-order chi connectivity index (χ1) is 29.8. The first kappa shape index (κ1) is 45.7. The number of amides is 7. The van der Waals surface area contributed by atoms with Gasteiger partial charge in [-0.25, -0.2) is 8.78 Å². The van der Waals surface area contributed by atoms with Gasteiger partial charge in [0.1, 0.15) is 28.7 Å². The standard InChI is InChI=1S/C42H38F5N7O8S/c1-41(2)39(61)53(27-14-12-23(20-48)34(35(27)44)42(45,46)47)40(63)54(41)24-13-11-22(26(43)19-24)7-5-10-30(55)49-17-3-4-18-50-32(57)21-62-29-9-6-8-25-33(29)38(60)52(37(25)59)28-15-16-31(56)51-36(28)58/h6,8-9,11-14,19,28H,3-5,7,10,15-18,21H2,1-2H3,(H,49,55)(H,50,57)(H,51,56,58). The summed E-state index contributed by atoms with van der Waals surface area (Å²) in [5.74, 6) is -7.01. The molecule has 15 nitrogen and oxygen atoms in total. The Morgan fingerprint density at radius 2 is 1.67 bits per heavy atom. The van der Waals surface area contributed by atoms with Gasteiger partial charge in [-0.05, 0) is 100 Å². The lowest BCUT2D eigenvalue weighted by atomic mass is 10.0. The minimum atomic E-state index is -5.25. The summed E-state index contributed by atoms with van der Waals surface area (Å²) in [6.07, 6.45) is -3.85. The average molecular weight is 896 g/mol. The molecule has 2 saturated heterocycles. The van der Waals surface area contributed by atoms with Crippen LogP contribution in [-0.2, 0) is 36.6 Å². The molecular weight excluding hydrogens is 858 g/mol. The van der Waals surface area contributed by atoms with Crippen molar-refractivity contribution in [3.63, 3.8) is 0 Å². The third-order valence-electron chi connectivity index (χ3n) is 10.6. The molecule has 0 bridgehead atoms. The fourth-order valence-corrected chi connectivity index (χ4v) is 7.97. The van der Waals surface area contributed by atoms with E-state index in [-0.39, 0.29) is 79.2 Å². The van der Waals surface area contributed by atoms with E-state index in [2.05, 4.69) is 16.0 Å². The van der Waals surface area contributed by atoms with Crippen LogP contribution in [0.2, 0.25) is 0 Å². The van der Waals surface area contributed by atoms with E-state index in [4.69, 9.17) is 22.2 Å². The van der Waals surface area contributed by atoms with E-state index in [1.54, 1.807) is 0 Å². The highest BCUT2D eigenvalue weighted by molar-refractivity contribution is 7.81. The van der Waals surface area contributed by atoms with E-state index in [0.717, 1.165) is 23.1 Å². The summed E-state index contributed by atoms with van der Waals surface area (Å²) in [6, 6.07) is 9.97. The highest BCUT2D eigenvalue weighted by atomic mass is 32.1. The van der Waals surface area contributed by atoms with Crippen LogP contribution in [0.3, 0.4) is 0 Å². The van der Waals surface area contributed by atoms with Crippen molar-refractivity contribution in [2.24, 2.45) is 0 Å². The molecule has 0 aromatic heterocycles. The Balaban J connectivity index is 0.919. The molecule has 3 aliphatic heterocycles. The highest BCUT2D eigenvalue weighted by Gasteiger charge is 2.52. The SMILES string of the molecule is CC1(C)C(=O)N(c2ccc(C#N)c(C(F)(F)F)c2F)C(=S)N1c1ccc(CCCC(=O)NCCCCNC(=O)COc2cccc3c2C(=O)N(C2CCC(=O)NC2=O)C3=O)c(F)c1. The number of halogens is 5. The van der Waals surface area contributed by atoms with Crippen LogP contribution in [-0.4, -0.2) is 82.6 Å². The number of ether oxygens (including phenoxy) is 1. The number of unbranched alkanes of at least 4 members (excludes halogenated alkanes) is 1. The molecule has 6 rings (SSSR count). The number of aryl methyl sites for hydroxylation is 1. The van der Waals surface area contributed by atoms with E-state index >= 15 is 8.78 Å². The Morgan fingerprint density at radius 1 is 0.968 bits per heavy atom. The van der Waals surface area contributed by atoms with E-state index in [9.17, 15) is 46.7 Å². The number of rotatable bonds is 15. The number of anilines is 2. The summed E-state index contributed by atoms with van der Waals surface area (Å²) < 4.78 is 77.4. The van der Waals surface area contributed by atoms with Crippen molar-refractivity contribution in [1.82, 2.24) is 20.9 Å². The second kappa shape index (κ2) is 18.3. The summed E-state index contributed by atoms with van der Waals surface area (Å²) in [5, 5.41) is 16.2. The van der Waals surface area contributed by atoms with E-state index in [0.29, 0.717) is 17.7 Å². The van der Waals surface area contributed by atoms with Gasteiger partial charge in [-0.1, -0.05) is 12.1 Å². The lowest BCUT2D eigenvalue weighted by Crippen LogP contribution is -2.54. The lowest BCUT2D eigenvalue weighted by molar-refractivity contribution is -0.140. The maximum atomic E-state index is 15.4. The minimum absolute atomic E-state index is 0.00766. The molecule has 7 amide bonds. The summed E-state index contributed by atoms with van der Waals surface area (Å²) in [7, 11) is 0. The fourth-order valence-electron chi connectivity index (χ4n) is 7.46. The van der Waals surface area contributed by atoms with Crippen LogP contribution in [0, 0.1) is 23.0 Å². The van der Waals surface area contributed by atoms with Crippen molar-refractivity contribution in [3.8, 4) is 11.8 Å². The molecule has 63 heavy (non-hydrogen) atoms. The number of nitrogens with one attached hydrogen (secondary N) is 3. The Labute approximate surface area is 361 Å². The lowest BCUT2D eigenvalue weighted by Gasteiger charge is -2.29. The van der Waals surface area contributed by atoms with Gasteiger partial charge in [-0.2, -0.15) is 18.4 Å². The molecule has 2 fully saturated rings. The minimum Gasteiger partial charge on any atom is -0.483 e. The maximum absolute atomic E-state index is 15.4. The van der Waals surface area contributed by atoms with Crippen LogP contribution >= 0.6 is 12.2 Å². The summed E-state index contributed by atoms with van der Waals surface area (Å²) >= 11 is 5.42. The molecule has 21 heteroatoms. The predicted molar refractivity (Wildman–Crippen MR) is 216 cm³/mol. The summed E-state index contributed by atoms with van der Waals surface area (Å²) in [5.41, 5.74) is -4.99. The number of nitrogens with zero attached hydrogens (tertiary/aromatic N) is 4. The molecule has 0 aliphatic carbocycles. The molecule has 3 aromatic rings. The predicted octanol–water partition coefficient (Wildman–Crippen LogP) is 4.59. The molecule has 3 heterocycles. The van der Waals surface area contributed by atoms with Crippen LogP contribution in [0.25, 0.3) is 0 Å². The second-order valence-electron chi connectivity index (χ2n) is 15.2. The average Bonchev–Trinajstić information content (AvgIpc) is 3.57. The topological polar surface area (TPSA) is 198 Å². The number of piperidine rings is 1.